The quantitative estimate of drug-likeness (QED) is 0.589. The van der Waals surface area contributed by atoms with Crippen LogP contribution in [0.15, 0.2) is 18.2 Å². The molecular formula is C14H21N5O2. The van der Waals surface area contributed by atoms with Crippen molar-refractivity contribution < 1.29 is 9.47 Å². The fourth-order valence-electron chi connectivity index (χ4n) is 2.11. The zero-order valence-electron chi connectivity index (χ0n) is 12.5. The molecule has 0 saturated carbocycles. The van der Waals surface area contributed by atoms with Crippen LogP contribution in [0.5, 0.6) is 5.75 Å². The van der Waals surface area contributed by atoms with Crippen molar-refractivity contribution in [2.24, 2.45) is 0 Å². The van der Waals surface area contributed by atoms with Gasteiger partial charge in [-0.25, -0.2) is 4.68 Å². The largest absolute Gasteiger partial charge is 0.493 e. The molecule has 0 aliphatic rings. The average molecular weight is 291 g/mol. The first-order chi connectivity index (χ1) is 10.3. The van der Waals surface area contributed by atoms with Gasteiger partial charge in [0, 0.05) is 25.9 Å². The Hall–Kier alpha value is -2.15. The molecule has 1 heterocycles. The van der Waals surface area contributed by atoms with Crippen LogP contribution in [0, 0.1) is 0 Å². The summed E-state index contributed by atoms with van der Waals surface area (Å²) >= 11 is 0. The molecule has 2 aromatic rings. The number of aryl methyl sites for hydroxylation is 1. The Balaban J connectivity index is 2.24. The first kappa shape index (κ1) is 15.2. The van der Waals surface area contributed by atoms with Gasteiger partial charge in [-0.2, -0.15) is 0 Å². The summed E-state index contributed by atoms with van der Waals surface area (Å²) in [5.41, 5.74) is 7.43. The number of hydrogen-bond acceptors (Lipinski definition) is 6. The van der Waals surface area contributed by atoms with Crippen LogP contribution in [0.1, 0.15) is 19.8 Å². The minimum absolute atomic E-state index is 0.561. The van der Waals surface area contributed by atoms with Crippen LogP contribution in [-0.2, 0) is 11.3 Å². The second-order valence-electron chi connectivity index (χ2n) is 4.58. The zero-order chi connectivity index (χ0) is 15.1. The molecule has 1 aromatic heterocycles. The molecule has 0 aliphatic carbocycles. The maximum atomic E-state index is 6.08. The van der Waals surface area contributed by atoms with Gasteiger partial charge in [0.25, 0.3) is 0 Å². The van der Waals surface area contributed by atoms with Crippen LogP contribution in [0.2, 0.25) is 0 Å². The third kappa shape index (κ3) is 3.69. The molecule has 0 spiro atoms. The molecule has 2 rings (SSSR count). The molecule has 0 aliphatic heterocycles. The first-order valence-electron chi connectivity index (χ1n) is 7.04. The second-order valence-corrected chi connectivity index (χ2v) is 4.58. The number of nitrogen functional groups attached to an aromatic ring is 1. The molecule has 7 nitrogen and oxygen atoms in total. The van der Waals surface area contributed by atoms with Gasteiger partial charge in [0.2, 0.25) is 0 Å². The molecule has 7 heteroatoms. The van der Waals surface area contributed by atoms with Crippen LogP contribution < -0.4 is 10.5 Å². The van der Waals surface area contributed by atoms with Crippen molar-refractivity contribution >= 4 is 5.69 Å². The highest BCUT2D eigenvalue weighted by molar-refractivity contribution is 5.77. The van der Waals surface area contributed by atoms with E-state index in [1.54, 1.807) is 11.8 Å². The van der Waals surface area contributed by atoms with E-state index in [9.17, 15) is 0 Å². The van der Waals surface area contributed by atoms with Crippen molar-refractivity contribution in [2.75, 3.05) is 26.1 Å². The average Bonchev–Trinajstić information content (AvgIpc) is 2.92. The van der Waals surface area contributed by atoms with Crippen LogP contribution in [-0.4, -0.2) is 40.5 Å². The molecule has 21 heavy (non-hydrogen) atoms. The van der Waals surface area contributed by atoms with Crippen molar-refractivity contribution in [3.8, 4) is 17.1 Å². The van der Waals surface area contributed by atoms with Crippen LogP contribution in [0.4, 0.5) is 5.69 Å². The Morgan fingerprint density at radius 2 is 2.14 bits per heavy atom. The molecule has 0 amide bonds. The number of benzene rings is 1. The van der Waals surface area contributed by atoms with E-state index in [-0.39, 0.29) is 0 Å². The summed E-state index contributed by atoms with van der Waals surface area (Å²) in [5, 5.41) is 11.9. The van der Waals surface area contributed by atoms with Crippen molar-refractivity contribution in [3.63, 3.8) is 0 Å². The van der Waals surface area contributed by atoms with Crippen molar-refractivity contribution in [1.29, 1.82) is 0 Å². The number of hydrogen-bond donors (Lipinski definition) is 1. The third-order valence-corrected chi connectivity index (χ3v) is 3.08. The highest BCUT2D eigenvalue weighted by atomic mass is 16.5. The maximum absolute atomic E-state index is 6.08. The lowest BCUT2D eigenvalue weighted by Gasteiger charge is -2.12. The Morgan fingerprint density at radius 3 is 2.90 bits per heavy atom. The van der Waals surface area contributed by atoms with E-state index in [0.29, 0.717) is 30.4 Å². The van der Waals surface area contributed by atoms with Crippen molar-refractivity contribution in [3.05, 3.63) is 18.2 Å². The lowest BCUT2D eigenvalue weighted by molar-refractivity contribution is 0.191. The summed E-state index contributed by atoms with van der Waals surface area (Å²) in [4.78, 5) is 0. The number of tetrazole rings is 1. The van der Waals surface area contributed by atoms with Gasteiger partial charge < -0.3 is 15.2 Å². The smallest absolute Gasteiger partial charge is 0.187 e. The van der Waals surface area contributed by atoms with Gasteiger partial charge in [0.1, 0.15) is 5.75 Å². The number of nitrogens with two attached hydrogens (primary N) is 1. The van der Waals surface area contributed by atoms with Gasteiger partial charge in [-0.15, -0.1) is 5.10 Å². The zero-order valence-corrected chi connectivity index (χ0v) is 12.5. The summed E-state index contributed by atoms with van der Waals surface area (Å²) in [5.74, 6) is 1.33. The van der Waals surface area contributed by atoms with Gasteiger partial charge in [0.05, 0.1) is 12.2 Å². The van der Waals surface area contributed by atoms with E-state index < -0.39 is 0 Å². The summed E-state index contributed by atoms with van der Waals surface area (Å²) in [6.07, 6.45) is 1.89. The minimum atomic E-state index is 0.561. The normalized spacial score (nSPS) is 10.8. The van der Waals surface area contributed by atoms with Crippen LogP contribution >= 0.6 is 0 Å². The Labute approximate surface area is 124 Å². The number of unbranched alkanes of at least 4 members (excludes halogenated alkanes) is 1. The lowest BCUT2D eigenvalue weighted by atomic mass is 10.1. The number of methoxy groups -OCH3 is 1. The second kappa shape index (κ2) is 7.58. The third-order valence-electron chi connectivity index (χ3n) is 3.08. The van der Waals surface area contributed by atoms with E-state index in [0.717, 1.165) is 25.0 Å². The van der Waals surface area contributed by atoms with Crippen LogP contribution in [0.25, 0.3) is 11.4 Å². The molecule has 0 atom stereocenters. The standard InChI is InChI=1S/C14H21N5O2/c1-3-21-12-8-6-7-11(15)13(12)14-16-17-18-19(14)9-4-5-10-20-2/h6-8H,3-5,9-10,15H2,1-2H3. The summed E-state index contributed by atoms with van der Waals surface area (Å²) in [7, 11) is 1.70. The molecule has 0 fully saturated rings. The number of anilines is 1. The van der Waals surface area contributed by atoms with Gasteiger partial charge in [-0.3, -0.25) is 0 Å². The number of nitrogens with zero attached hydrogens (tertiary/aromatic N) is 4. The molecule has 2 N–H and O–H groups in total. The van der Waals surface area contributed by atoms with E-state index in [2.05, 4.69) is 15.5 Å². The topological polar surface area (TPSA) is 88.1 Å². The van der Waals surface area contributed by atoms with E-state index in [1.807, 2.05) is 25.1 Å². The number of rotatable bonds is 8. The minimum Gasteiger partial charge on any atom is -0.493 e. The Morgan fingerprint density at radius 1 is 1.29 bits per heavy atom. The molecule has 0 radical (unpaired) electrons. The predicted molar refractivity (Wildman–Crippen MR) is 79.9 cm³/mol. The fourth-order valence-corrected chi connectivity index (χ4v) is 2.11. The summed E-state index contributed by atoms with van der Waals surface area (Å²) in [6.45, 7) is 3.94. The summed E-state index contributed by atoms with van der Waals surface area (Å²) < 4.78 is 12.4. The molecular weight excluding hydrogens is 270 g/mol. The van der Waals surface area contributed by atoms with E-state index >= 15 is 0 Å². The van der Waals surface area contributed by atoms with Gasteiger partial charge in [-0.05, 0) is 42.3 Å². The van der Waals surface area contributed by atoms with Gasteiger partial charge in [-0.1, -0.05) is 6.07 Å². The lowest BCUT2D eigenvalue weighted by Crippen LogP contribution is -2.07. The predicted octanol–water partition coefficient (Wildman–Crippen LogP) is 1.75. The fraction of sp³-hybridized carbons (Fsp3) is 0.500. The summed E-state index contributed by atoms with van der Waals surface area (Å²) in [6, 6.07) is 5.55. The highest BCUT2D eigenvalue weighted by Gasteiger charge is 2.17. The van der Waals surface area contributed by atoms with Crippen molar-refractivity contribution in [1.82, 2.24) is 20.2 Å². The van der Waals surface area contributed by atoms with Gasteiger partial charge in [0.15, 0.2) is 5.82 Å². The van der Waals surface area contributed by atoms with Crippen LogP contribution in [0.3, 0.4) is 0 Å². The molecule has 0 unspecified atom stereocenters. The Kier molecular flexibility index (Phi) is 5.51. The molecule has 114 valence electrons. The van der Waals surface area contributed by atoms with Crippen molar-refractivity contribution in [2.45, 2.75) is 26.3 Å². The maximum Gasteiger partial charge on any atom is 0.187 e. The van der Waals surface area contributed by atoms with Gasteiger partial charge >= 0.3 is 0 Å². The Bertz CT molecular complexity index is 570. The molecule has 0 saturated heterocycles. The number of ether oxygens (including phenoxy) is 2. The highest BCUT2D eigenvalue weighted by Crippen LogP contribution is 2.33. The SMILES string of the molecule is CCOc1cccc(N)c1-c1nnnn1CCCCOC. The van der Waals surface area contributed by atoms with E-state index in [1.165, 1.54) is 0 Å². The monoisotopic (exact) mass is 291 g/mol. The molecule has 1 aromatic carbocycles. The number of aromatic nitrogens is 4. The molecule has 0 bridgehead atoms. The van der Waals surface area contributed by atoms with E-state index in [4.69, 9.17) is 15.2 Å². The first-order valence-corrected chi connectivity index (χ1v) is 7.04.